The van der Waals surface area contributed by atoms with Crippen LogP contribution in [0.1, 0.15) is 220 Å². The number of carbonyl (C=O) groups excluding carboxylic acids is 8. The zero-order valence-electron chi connectivity index (χ0n) is 81.8. The SMILES string of the molecule is C.C.C=C(C)c1cccc(C(C)=O)c1.CC(=O)c1ccc(C(C)=O)cc1.CC(C)(C)c1ccc(OC(=O)Oc2ccc(-c3ccc(OC(=O)Oc4ccc(C5(c6ccc(OC(=O)Oc7ccc(C(C)(C)C)cc7)cc6)CCCCC5)cc4)cc3)cc2)cc1.COCC(C)(C)COC.COCCOC.COc1ccc(C(C)c2ccc(OC(=O)Oc3ccc(-c4ccc(OC(C)=O)cc4)cc3)cc2)cc1. The van der Waals surface area contributed by atoms with Gasteiger partial charge in [0.2, 0.25) is 0 Å². The Hall–Kier alpha value is -14.4. The van der Waals surface area contributed by atoms with Crippen molar-refractivity contribution in [3.8, 4) is 79.7 Å². The van der Waals surface area contributed by atoms with Gasteiger partial charge in [0.1, 0.15) is 57.5 Å². The Morgan fingerprint density at radius 1 is 0.309 bits per heavy atom. The maximum atomic E-state index is 12.8. The molecule has 1 aliphatic carbocycles. The third-order valence-electron chi connectivity index (χ3n) is 21.9. The summed E-state index contributed by atoms with van der Waals surface area (Å²) in [6.07, 6.45) is 1.93. The molecule has 12 aromatic carbocycles. The first-order chi connectivity index (χ1) is 65.3. The number of benzene rings is 12. The van der Waals surface area contributed by atoms with E-state index in [1.54, 1.807) is 176 Å². The van der Waals surface area contributed by atoms with E-state index in [9.17, 15) is 38.4 Å². The second kappa shape index (κ2) is 55.7. The minimum absolute atomic E-state index is 0. The molecule has 1 unspecified atom stereocenters. The van der Waals surface area contributed by atoms with E-state index in [2.05, 4.69) is 78.4 Å². The highest BCUT2D eigenvalue weighted by atomic mass is 16.7. The zero-order valence-corrected chi connectivity index (χ0v) is 81.8. The minimum atomic E-state index is -0.854. The molecule has 1 saturated carbocycles. The summed E-state index contributed by atoms with van der Waals surface area (Å²) in [7, 11) is 8.36. The fraction of sp³-hybridized carbons (Fsp3) is 0.299. The molecule has 0 bridgehead atoms. The van der Waals surface area contributed by atoms with Crippen LogP contribution in [0.4, 0.5) is 19.2 Å². The van der Waals surface area contributed by atoms with Crippen molar-refractivity contribution < 1.29 is 105 Å². The van der Waals surface area contributed by atoms with E-state index >= 15 is 0 Å². The third kappa shape index (κ3) is 37.5. The summed E-state index contributed by atoms with van der Waals surface area (Å²) in [6, 6.07) is 87.7. The van der Waals surface area contributed by atoms with Gasteiger partial charge in [-0.25, -0.2) is 19.2 Å². The third-order valence-corrected chi connectivity index (χ3v) is 21.9. The molecule has 0 spiro atoms. The first-order valence-electron chi connectivity index (χ1n) is 45.0. The van der Waals surface area contributed by atoms with Crippen molar-refractivity contribution in [1.29, 1.82) is 0 Å². The highest BCUT2D eigenvalue weighted by Gasteiger charge is 2.36. The van der Waals surface area contributed by atoms with Crippen molar-refractivity contribution in [1.82, 2.24) is 0 Å². The number of carbonyl (C=O) groups is 8. The normalized spacial score (nSPS) is 11.8. The van der Waals surface area contributed by atoms with Gasteiger partial charge in [-0.2, -0.15) is 0 Å². The molecule has 734 valence electrons. The molecule has 139 heavy (non-hydrogen) atoms. The van der Waals surface area contributed by atoms with Crippen LogP contribution >= 0.6 is 0 Å². The summed E-state index contributed by atoms with van der Waals surface area (Å²) in [6.45, 7) is 33.6. The van der Waals surface area contributed by atoms with Gasteiger partial charge in [0.25, 0.3) is 0 Å². The van der Waals surface area contributed by atoms with Gasteiger partial charge in [0, 0.05) is 68.8 Å². The molecule has 22 nitrogen and oxygen atoms in total. The van der Waals surface area contributed by atoms with Gasteiger partial charge < -0.3 is 66.3 Å². The van der Waals surface area contributed by atoms with Crippen molar-refractivity contribution in [3.05, 3.63) is 353 Å². The van der Waals surface area contributed by atoms with Crippen molar-refractivity contribution in [3.63, 3.8) is 0 Å². The summed E-state index contributed by atoms with van der Waals surface area (Å²) in [5.74, 6) is 4.25. The molecule has 22 heteroatoms. The first kappa shape index (κ1) is 113. The summed E-state index contributed by atoms with van der Waals surface area (Å²) in [5.41, 5.74) is 14.3. The molecule has 0 N–H and O–H groups in total. The lowest BCUT2D eigenvalue weighted by molar-refractivity contribution is -0.131. The summed E-state index contributed by atoms with van der Waals surface area (Å²) in [5, 5.41) is 0. The van der Waals surface area contributed by atoms with Gasteiger partial charge >= 0.3 is 30.6 Å². The molecular weight excluding hydrogens is 1760 g/mol. The molecular formula is C117H134O22. The smallest absolute Gasteiger partial charge is 0.497 e. The molecule has 0 radical (unpaired) electrons. The first-order valence-corrected chi connectivity index (χ1v) is 45.0. The predicted molar refractivity (Wildman–Crippen MR) is 548 cm³/mol. The van der Waals surface area contributed by atoms with E-state index in [-0.39, 0.29) is 65.8 Å². The molecule has 12 aromatic rings. The topological polar surface area (TPSA) is 266 Å². The molecule has 0 aliphatic heterocycles. The Kier molecular flexibility index (Phi) is 45.4. The monoisotopic (exact) mass is 1890 g/mol. The predicted octanol–water partition coefficient (Wildman–Crippen LogP) is 28.8. The molecule has 1 atom stereocenters. The average molecular weight is 1890 g/mol. The van der Waals surface area contributed by atoms with Crippen molar-refractivity contribution in [2.45, 2.75) is 166 Å². The van der Waals surface area contributed by atoms with Gasteiger partial charge in [-0.05, 0) is 240 Å². The van der Waals surface area contributed by atoms with E-state index in [1.807, 2.05) is 165 Å². The Morgan fingerprint density at radius 2 is 0.568 bits per heavy atom. The fourth-order valence-corrected chi connectivity index (χ4v) is 14.4. The Bertz CT molecular complexity index is 5780. The number of ketones is 3. The molecule has 0 amide bonds. The Morgan fingerprint density at radius 3 is 0.820 bits per heavy atom. The van der Waals surface area contributed by atoms with Gasteiger partial charge in [0.15, 0.2) is 17.3 Å². The number of allylic oxidation sites excluding steroid dienone is 1. The average Bonchev–Trinajstić information content (AvgIpc) is 0.766. The van der Waals surface area contributed by atoms with Crippen molar-refractivity contribution in [2.24, 2.45) is 5.41 Å². The van der Waals surface area contributed by atoms with E-state index in [4.69, 9.17) is 56.8 Å². The van der Waals surface area contributed by atoms with Gasteiger partial charge in [-0.3, -0.25) is 19.2 Å². The van der Waals surface area contributed by atoms with Crippen LogP contribution in [-0.4, -0.2) is 110 Å². The Labute approximate surface area is 820 Å². The number of methoxy groups -OCH3 is 5. The minimum Gasteiger partial charge on any atom is -0.497 e. The van der Waals surface area contributed by atoms with Crippen molar-refractivity contribution in [2.75, 3.05) is 62.0 Å². The quantitative estimate of drug-likeness (QED) is 0.0152. The van der Waals surface area contributed by atoms with Crippen LogP contribution in [0.3, 0.4) is 0 Å². The molecule has 0 saturated heterocycles. The van der Waals surface area contributed by atoms with E-state index < -0.39 is 24.6 Å². The molecule has 13 rings (SSSR count). The highest BCUT2D eigenvalue weighted by Crippen LogP contribution is 2.46. The number of Topliss-reactive ketones (excluding diaryl/α,β-unsaturated/α-hetero) is 3. The van der Waals surface area contributed by atoms with Crippen LogP contribution < -0.4 is 47.4 Å². The van der Waals surface area contributed by atoms with Crippen LogP contribution in [-0.2, 0) is 40.0 Å². The zero-order chi connectivity index (χ0) is 99.8. The van der Waals surface area contributed by atoms with Gasteiger partial charge in [-0.15, -0.1) is 0 Å². The van der Waals surface area contributed by atoms with E-state index in [0.717, 1.165) is 123 Å². The molecule has 1 fully saturated rings. The fourth-order valence-electron chi connectivity index (χ4n) is 14.4. The van der Waals surface area contributed by atoms with Crippen LogP contribution in [0.2, 0.25) is 0 Å². The molecule has 1 aliphatic rings. The summed E-state index contributed by atoms with van der Waals surface area (Å²) >= 11 is 0. The molecule has 0 aromatic heterocycles. The number of hydrogen-bond acceptors (Lipinski definition) is 22. The standard InChI is InChI=1S/C53H52O9.C30H26O6.C11H12O.C10H10O2.C7H16O2.C4H10O2.2CH4/c1-51(2,3)38-14-26-44(27-15-38)59-48(54)57-42-22-10-36(11-23-42)37-12-24-43(25-13-37)58-49(55)61-46-30-18-40(19-31-46)53(34-8-7-9-35-53)41-20-32-47(33-21-41)62-50(56)60-45-28-16-39(17-29-45)52(4,5)6;1-20(22-4-12-26(33-3)13-5-22)23-6-14-28(15-7-23)35-30(32)36-29-18-10-25(11-19-29)24-8-16-27(17-9-24)34-21(2)31;1-8(2)10-5-4-6-11(7-10)9(3)12;1-7(11)9-3-5-10(6-4-9)8(2)12;1-7(2,5-8-3)6-9-4;1-5-3-4-6-2;;/h10-33H,7-9,34-35H2,1-6H3;4-20H,1-3H3;4-7H,1H2,2-3H3;3-6H,1-2H3;5-6H2,1-4H3;3-4H2,1-2H3;2*1H4. The largest absolute Gasteiger partial charge is 0.519 e. The second-order valence-electron chi connectivity index (χ2n) is 35.4. The Balaban J connectivity index is 0.000000319. The highest BCUT2D eigenvalue weighted by molar-refractivity contribution is 5.98. The summed E-state index contributed by atoms with van der Waals surface area (Å²) in [4.78, 5) is 93.8. The van der Waals surface area contributed by atoms with Crippen LogP contribution in [0.5, 0.6) is 57.5 Å². The number of esters is 1. The number of hydrogen-bond donors (Lipinski definition) is 0. The van der Waals surface area contributed by atoms with E-state index in [1.165, 1.54) is 20.8 Å². The lowest BCUT2D eigenvalue weighted by Crippen LogP contribution is -2.30. The van der Waals surface area contributed by atoms with Gasteiger partial charge in [-0.1, -0.05) is 272 Å². The lowest BCUT2D eigenvalue weighted by atomic mass is 9.65. The van der Waals surface area contributed by atoms with Gasteiger partial charge in [0.05, 0.1) is 33.5 Å². The van der Waals surface area contributed by atoms with Crippen LogP contribution in [0, 0.1) is 5.41 Å². The summed E-state index contributed by atoms with van der Waals surface area (Å²) < 4.78 is 72.9. The molecule has 0 heterocycles. The second-order valence-corrected chi connectivity index (χ2v) is 35.4. The van der Waals surface area contributed by atoms with Crippen LogP contribution in [0.15, 0.2) is 298 Å². The lowest BCUT2D eigenvalue weighted by Gasteiger charge is -2.38. The van der Waals surface area contributed by atoms with E-state index in [0.29, 0.717) is 76.1 Å². The van der Waals surface area contributed by atoms with Crippen molar-refractivity contribution >= 4 is 53.5 Å². The van der Waals surface area contributed by atoms with Crippen LogP contribution in [0.25, 0.3) is 27.8 Å². The number of ether oxygens (including phenoxy) is 14. The maximum Gasteiger partial charge on any atom is 0.519 e. The number of rotatable bonds is 27. The maximum absolute atomic E-state index is 12.8.